The Morgan fingerprint density at radius 1 is 0.667 bits per heavy atom. The summed E-state index contributed by atoms with van der Waals surface area (Å²) >= 11 is 0. The van der Waals surface area contributed by atoms with Crippen molar-refractivity contribution in [3.63, 3.8) is 0 Å². The van der Waals surface area contributed by atoms with Crippen LogP contribution in [0.1, 0.15) is 115 Å². The molecule has 170 valence electrons. The first-order chi connectivity index (χ1) is 14.8. The number of nitrogens with two attached hydrogens (primary N) is 1. The lowest BCUT2D eigenvalue weighted by Gasteiger charge is -2.04. The van der Waals surface area contributed by atoms with E-state index in [0.717, 1.165) is 0 Å². The van der Waals surface area contributed by atoms with Gasteiger partial charge in [-0.05, 0) is 18.4 Å². The van der Waals surface area contributed by atoms with Crippen LogP contribution in [0.5, 0.6) is 0 Å². The van der Waals surface area contributed by atoms with E-state index in [9.17, 15) is 0 Å². The van der Waals surface area contributed by atoms with Crippen molar-refractivity contribution >= 4 is 5.82 Å². The number of rotatable bonds is 17. The van der Waals surface area contributed by atoms with E-state index in [4.69, 9.17) is 5.73 Å². The summed E-state index contributed by atoms with van der Waals surface area (Å²) in [6.07, 6.45) is 25.9. The van der Waals surface area contributed by atoms with Gasteiger partial charge in [0.25, 0.3) is 0 Å². The largest absolute Gasteiger partial charge is 0.381 e. The monoisotopic (exact) mass is 414 g/mol. The molecule has 0 unspecified atom stereocenters. The molecule has 0 radical (unpaired) electrons. The quantitative estimate of drug-likeness (QED) is 0.259. The fourth-order valence-electron chi connectivity index (χ4n) is 3.73. The Balaban J connectivity index is 0.000000637. The highest BCUT2D eigenvalue weighted by atomic mass is 15.3. The van der Waals surface area contributed by atoms with E-state index < -0.39 is 0 Å². The summed E-state index contributed by atoms with van der Waals surface area (Å²) in [5.74, 6) is 0.426. The van der Waals surface area contributed by atoms with Crippen LogP contribution < -0.4 is 5.73 Å². The number of nitrogen functional groups attached to an aromatic ring is 1. The summed E-state index contributed by atoms with van der Waals surface area (Å²) in [6, 6.07) is 10.9. The van der Waals surface area contributed by atoms with Crippen molar-refractivity contribution < 1.29 is 0 Å². The van der Waals surface area contributed by atoms with Crippen LogP contribution in [0.25, 0.3) is 0 Å². The first-order valence-electron chi connectivity index (χ1n) is 12.5. The molecule has 3 N–H and O–H groups in total. The fraction of sp³-hybridized carbons (Fsp3) is 0.692. The van der Waals surface area contributed by atoms with Gasteiger partial charge in [0.15, 0.2) is 5.82 Å². The SMILES string of the molecule is CCCCCCCCCCCCCCCCCCc1ccccc1.Nc1cn[nH]n1. The number of hydrogen-bond donors (Lipinski definition) is 2. The second-order valence-electron chi connectivity index (χ2n) is 8.43. The van der Waals surface area contributed by atoms with Crippen LogP contribution in [0.3, 0.4) is 0 Å². The van der Waals surface area contributed by atoms with Crippen LogP contribution in [-0.2, 0) is 6.42 Å². The van der Waals surface area contributed by atoms with Crippen LogP contribution in [0.2, 0.25) is 0 Å². The van der Waals surface area contributed by atoms with Crippen LogP contribution in [0.4, 0.5) is 5.82 Å². The molecule has 0 spiro atoms. The molecule has 0 aliphatic heterocycles. The van der Waals surface area contributed by atoms with E-state index in [-0.39, 0.29) is 0 Å². The van der Waals surface area contributed by atoms with Gasteiger partial charge in [0.05, 0.1) is 6.20 Å². The zero-order chi connectivity index (χ0) is 21.5. The molecule has 0 aliphatic carbocycles. The molecular weight excluding hydrogens is 368 g/mol. The van der Waals surface area contributed by atoms with Crippen molar-refractivity contribution in [3.05, 3.63) is 42.1 Å². The zero-order valence-electron chi connectivity index (χ0n) is 19.5. The molecule has 4 heteroatoms. The van der Waals surface area contributed by atoms with Gasteiger partial charge < -0.3 is 5.73 Å². The average Bonchev–Trinajstić information content (AvgIpc) is 3.25. The summed E-state index contributed by atoms with van der Waals surface area (Å²) < 4.78 is 0. The fourth-order valence-corrected chi connectivity index (χ4v) is 3.73. The Labute approximate surface area is 185 Å². The Kier molecular flexibility index (Phi) is 17.8. The Hall–Kier alpha value is -1.84. The molecule has 0 amide bonds. The second-order valence-corrected chi connectivity index (χ2v) is 8.43. The number of nitrogens with zero attached hydrogens (tertiary/aromatic N) is 2. The highest BCUT2D eigenvalue weighted by Gasteiger charge is 1.95. The molecule has 1 heterocycles. The van der Waals surface area contributed by atoms with E-state index in [2.05, 4.69) is 52.7 Å². The maximum atomic E-state index is 5.07. The van der Waals surface area contributed by atoms with Crippen molar-refractivity contribution in [2.75, 3.05) is 5.73 Å². The van der Waals surface area contributed by atoms with E-state index in [1.54, 1.807) is 0 Å². The third kappa shape index (κ3) is 17.1. The molecule has 2 rings (SSSR count). The number of aromatic nitrogens is 3. The molecule has 2 aromatic rings. The number of anilines is 1. The lowest BCUT2D eigenvalue weighted by atomic mass is 10.0. The first-order valence-corrected chi connectivity index (χ1v) is 12.5. The highest BCUT2D eigenvalue weighted by Crippen LogP contribution is 2.14. The molecule has 30 heavy (non-hydrogen) atoms. The van der Waals surface area contributed by atoms with Crippen LogP contribution in [-0.4, -0.2) is 15.4 Å². The number of H-pyrrole nitrogens is 1. The molecule has 4 nitrogen and oxygen atoms in total. The Morgan fingerprint density at radius 3 is 1.50 bits per heavy atom. The number of hydrogen-bond acceptors (Lipinski definition) is 3. The minimum atomic E-state index is 0.426. The van der Waals surface area contributed by atoms with Crippen molar-refractivity contribution in [2.45, 2.75) is 116 Å². The molecular formula is C26H46N4. The van der Waals surface area contributed by atoms with E-state index in [0.29, 0.717) is 5.82 Å². The van der Waals surface area contributed by atoms with Gasteiger partial charge in [0.1, 0.15) is 0 Å². The lowest BCUT2D eigenvalue weighted by molar-refractivity contribution is 0.529. The third-order valence-corrected chi connectivity index (χ3v) is 5.60. The van der Waals surface area contributed by atoms with E-state index >= 15 is 0 Å². The molecule has 0 aliphatic rings. The van der Waals surface area contributed by atoms with Gasteiger partial charge in [0.2, 0.25) is 0 Å². The smallest absolute Gasteiger partial charge is 0.165 e. The van der Waals surface area contributed by atoms with Gasteiger partial charge in [0, 0.05) is 0 Å². The van der Waals surface area contributed by atoms with Crippen LogP contribution >= 0.6 is 0 Å². The summed E-state index contributed by atoms with van der Waals surface area (Å²) in [6.45, 7) is 2.30. The summed E-state index contributed by atoms with van der Waals surface area (Å²) in [4.78, 5) is 0. The maximum absolute atomic E-state index is 5.07. The zero-order valence-corrected chi connectivity index (χ0v) is 19.5. The predicted molar refractivity (Wildman–Crippen MR) is 130 cm³/mol. The molecule has 0 saturated heterocycles. The van der Waals surface area contributed by atoms with E-state index in [1.807, 2.05) is 0 Å². The van der Waals surface area contributed by atoms with Crippen LogP contribution in [0, 0.1) is 0 Å². The van der Waals surface area contributed by atoms with Crippen LogP contribution in [0.15, 0.2) is 36.5 Å². The minimum absolute atomic E-state index is 0.426. The molecule has 0 saturated carbocycles. The lowest BCUT2D eigenvalue weighted by Crippen LogP contribution is -1.86. The minimum Gasteiger partial charge on any atom is -0.381 e. The van der Waals surface area contributed by atoms with E-state index in [1.165, 1.54) is 121 Å². The number of nitrogens with one attached hydrogen (secondary N) is 1. The van der Waals surface area contributed by atoms with Crippen molar-refractivity contribution in [1.82, 2.24) is 15.4 Å². The standard InChI is InChI=1S/C24H42.C2H4N4/c1-2-3-4-5-6-7-8-9-10-11-12-13-14-15-16-18-21-24-22-19-17-20-23-24;3-2-1-4-6-5-2/h17,19-20,22-23H,2-16,18,21H2,1H3;1H,(H3,3,4,5,6). The molecule has 0 atom stereocenters. The Morgan fingerprint density at radius 2 is 1.13 bits per heavy atom. The first kappa shape index (κ1) is 26.2. The average molecular weight is 415 g/mol. The summed E-state index contributed by atoms with van der Waals surface area (Å²) in [7, 11) is 0. The number of aromatic amines is 1. The second kappa shape index (κ2) is 20.4. The van der Waals surface area contributed by atoms with Crippen molar-refractivity contribution in [2.24, 2.45) is 0 Å². The van der Waals surface area contributed by atoms with Gasteiger partial charge in [-0.3, -0.25) is 0 Å². The van der Waals surface area contributed by atoms with Gasteiger partial charge in [-0.25, -0.2) is 0 Å². The molecule has 0 bridgehead atoms. The molecule has 1 aromatic carbocycles. The van der Waals surface area contributed by atoms with Crippen molar-refractivity contribution in [1.29, 1.82) is 0 Å². The predicted octanol–water partition coefficient (Wildman–Crippen LogP) is 7.88. The normalized spacial score (nSPS) is 10.6. The number of unbranched alkanes of at least 4 members (excludes halogenated alkanes) is 15. The highest BCUT2D eigenvalue weighted by molar-refractivity contribution is 5.18. The van der Waals surface area contributed by atoms with Gasteiger partial charge in [-0.1, -0.05) is 134 Å². The topological polar surface area (TPSA) is 67.6 Å². The number of benzene rings is 1. The van der Waals surface area contributed by atoms with Gasteiger partial charge in [-0.2, -0.15) is 10.3 Å². The van der Waals surface area contributed by atoms with Crippen molar-refractivity contribution in [3.8, 4) is 0 Å². The van der Waals surface area contributed by atoms with Gasteiger partial charge >= 0.3 is 0 Å². The summed E-state index contributed by atoms with van der Waals surface area (Å²) in [5, 5.41) is 9.22. The Bertz CT molecular complexity index is 554. The maximum Gasteiger partial charge on any atom is 0.165 e. The van der Waals surface area contributed by atoms with Gasteiger partial charge in [-0.15, -0.1) is 5.10 Å². The number of aryl methyl sites for hydroxylation is 1. The molecule has 0 fully saturated rings. The molecule has 1 aromatic heterocycles. The third-order valence-electron chi connectivity index (χ3n) is 5.60. The summed E-state index contributed by atoms with van der Waals surface area (Å²) in [5.41, 5.74) is 6.58.